The lowest BCUT2D eigenvalue weighted by atomic mass is 10.2. The van der Waals surface area contributed by atoms with Crippen molar-refractivity contribution in [3.05, 3.63) is 21.9 Å². The van der Waals surface area contributed by atoms with Crippen molar-refractivity contribution in [1.82, 2.24) is 10.4 Å². The van der Waals surface area contributed by atoms with Crippen molar-refractivity contribution in [3.8, 4) is 0 Å². The lowest BCUT2D eigenvalue weighted by molar-refractivity contribution is -0.121. The Balaban J connectivity index is 1.74. The molecule has 1 amide bonds. The van der Waals surface area contributed by atoms with Crippen molar-refractivity contribution < 1.29 is 14.7 Å². The maximum absolute atomic E-state index is 10.9. The molecule has 1 aliphatic heterocycles. The van der Waals surface area contributed by atoms with Gasteiger partial charge in [-0.25, -0.2) is 9.80 Å². The van der Waals surface area contributed by atoms with E-state index in [1.165, 1.54) is 11.3 Å². The van der Waals surface area contributed by atoms with Crippen LogP contribution in [0.2, 0.25) is 0 Å². The van der Waals surface area contributed by atoms with E-state index >= 15 is 0 Å². The van der Waals surface area contributed by atoms with Gasteiger partial charge in [0.25, 0.3) is 0 Å². The second-order valence-corrected chi connectivity index (χ2v) is 5.12. The summed E-state index contributed by atoms with van der Waals surface area (Å²) in [5, 5.41) is 10.7. The second kappa shape index (κ2) is 5.29. The molecule has 0 spiro atoms. The Kier molecular flexibility index (Phi) is 3.75. The van der Waals surface area contributed by atoms with Crippen LogP contribution in [0.3, 0.4) is 0 Å². The molecule has 17 heavy (non-hydrogen) atoms. The monoisotopic (exact) mass is 254 g/mol. The van der Waals surface area contributed by atoms with Gasteiger partial charge in [0.2, 0.25) is 5.91 Å². The van der Waals surface area contributed by atoms with Gasteiger partial charge in [-0.3, -0.25) is 10.2 Å². The molecule has 1 fully saturated rings. The molecule has 2 N–H and O–H groups in total. The van der Waals surface area contributed by atoms with Crippen LogP contribution in [0.4, 0.5) is 0 Å². The molecule has 2 heterocycles. The zero-order valence-corrected chi connectivity index (χ0v) is 10.1. The predicted molar refractivity (Wildman–Crippen MR) is 63.9 cm³/mol. The zero-order valence-electron chi connectivity index (χ0n) is 9.31. The van der Waals surface area contributed by atoms with Crippen LogP contribution in [0.15, 0.2) is 12.1 Å². The quantitative estimate of drug-likeness (QED) is 0.826. The van der Waals surface area contributed by atoms with Crippen molar-refractivity contribution in [3.63, 3.8) is 0 Å². The topological polar surface area (TPSA) is 69.6 Å². The summed E-state index contributed by atoms with van der Waals surface area (Å²) in [5.41, 5.74) is 2.77. The van der Waals surface area contributed by atoms with Crippen LogP contribution in [-0.2, 0) is 11.2 Å². The first kappa shape index (κ1) is 12.1. The van der Waals surface area contributed by atoms with E-state index in [0.29, 0.717) is 11.3 Å². The number of hydrazine groups is 1. The van der Waals surface area contributed by atoms with Gasteiger partial charge in [-0.05, 0) is 25.0 Å². The summed E-state index contributed by atoms with van der Waals surface area (Å²) in [6.45, 7) is 1.58. The number of aryl methyl sites for hydroxylation is 1. The third-order valence-corrected chi connectivity index (χ3v) is 3.75. The summed E-state index contributed by atoms with van der Waals surface area (Å²) in [4.78, 5) is 23.1. The van der Waals surface area contributed by atoms with Crippen LogP contribution in [0.5, 0.6) is 0 Å². The van der Waals surface area contributed by atoms with E-state index < -0.39 is 5.97 Å². The summed E-state index contributed by atoms with van der Waals surface area (Å²) in [6.07, 6.45) is 2.34. The Morgan fingerprint density at radius 3 is 2.94 bits per heavy atom. The van der Waals surface area contributed by atoms with E-state index in [4.69, 9.17) is 5.11 Å². The molecule has 0 aromatic carbocycles. The number of carbonyl (C=O) groups is 2. The first-order valence-electron chi connectivity index (χ1n) is 5.51. The van der Waals surface area contributed by atoms with Gasteiger partial charge in [-0.1, -0.05) is 0 Å². The molecule has 0 radical (unpaired) electrons. The summed E-state index contributed by atoms with van der Waals surface area (Å²) in [7, 11) is 0. The normalized spacial score (nSPS) is 16.1. The highest BCUT2D eigenvalue weighted by atomic mass is 32.1. The second-order valence-electron chi connectivity index (χ2n) is 3.95. The summed E-state index contributed by atoms with van der Waals surface area (Å²) < 4.78 is 0. The molecule has 6 heteroatoms. The van der Waals surface area contributed by atoms with Gasteiger partial charge in [0, 0.05) is 24.4 Å². The zero-order chi connectivity index (χ0) is 12.3. The minimum Gasteiger partial charge on any atom is -0.477 e. The molecule has 2 rings (SSSR count). The van der Waals surface area contributed by atoms with Crippen molar-refractivity contribution in [2.24, 2.45) is 0 Å². The molecule has 5 nitrogen and oxygen atoms in total. The van der Waals surface area contributed by atoms with E-state index in [2.05, 4.69) is 5.43 Å². The number of aromatic carboxylic acids is 1. The molecule has 0 saturated carbocycles. The Labute approximate surface area is 103 Å². The highest BCUT2D eigenvalue weighted by molar-refractivity contribution is 7.13. The fourth-order valence-electron chi connectivity index (χ4n) is 1.76. The van der Waals surface area contributed by atoms with Gasteiger partial charge in [-0.15, -0.1) is 11.3 Å². The summed E-state index contributed by atoms with van der Waals surface area (Å²) in [5.74, 6) is -0.789. The van der Waals surface area contributed by atoms with Gasteiger partial charge in [0.15, 0.2) is 0 Å². The molecule has 0 aliphatic carbocycles. The number of hydrogen-bond donors (Lipinski definition) is 2. The number of hydrogen-bond acceptors (Lipinski definition) is 4. The van der Waals surface area contributed by atoms with Crippen molar-refractivity contribution in [2.45, 2.75) is 19.3 Å². The van der Waals surface area contributed by atoms with Crippen LogP contribution in [0.25, 0.3) is 0 Å². The van der Waals surface area contributed by atoms with Crippen LogP contribution in [0, 0.1) is 0 Å². The average molecular weight is 254 g/mol. The number of nitrogens with one attached hydrogen (secondary N) is 1. The van der Waals surface area contributed by atoms with Crippen molar-refractivity contribution >= 4 is 23.2 Å². The number of carboxylic acids is 1. The molecule has 1 aliphatic rings. The highest BCUT2D eigenvalue weighted by Gasteiger charge is 2.17. The van der Waals surface area contributed by atoms with Crippen molar-refractivity contribution in [1.29, 1.82) is 0 Å². The average Bonchev–Trinajstić information content (AvgIpc) is 2.88. The SMILES string of the molecule is O=C1CCN(CCCc2ccc(C(=O)O)s2)N1. The number of rotatable bonds is 5. The van der Waals surface area contributed by atoms with Crippen LogP contribution >= 0.6 is 11.3 Å². The Hall–Kier alpha value is -1.40. The standard InChI is InChI=1S/C11H14N2O3S/c14-10-5-7-13(12-10)6-1-2-8-3-4-9(17-8)11(15)16/h3-4H,1-2,5-7H2,(H,12,14)(H,15,16). The summed E-state index contributed by atoms with van der Waals surface area (Å²) in [6, 6.07) is 3.50. The first-order valence-corrected chi connectivity index (χ1v) is 6.33. The number of thiophene rings is 1. The van der Waals surface area contributed by atoms with Crippen LogP contribution in [0.1, 0.15) is 27.4 Å². The Morgan fingerprint density at radius 2 is 2.35 bits per heavy atom. The molecular formula is C11H14N2O3S. The fraction of sp³-hybridized carbons (Fsp3) is 0.455. The molecule has 0 unspecified atom stereocenters. The number of nitrogens with zero attached hydrogens (tertiary/aromatic N) is 1. The van der Waals surface area contributed by atoms with E-state index in [1.807, 2.05) is 11.1 Å². The summed E-state index contributed by atoms with van der Waals surface area (Å²) >= 11 is 1.32. The van der Waals surface area contributed by atoms with Crippen LogP contribution < -0.4 is 5.43 Å². The maximum atomic E-state index is 10.9. The molecule has 1 saturated heterocycles. The minimum absolute atomic E-state index is 0.0780. The molecule has 1 aromatic rings. The van der Waals surface area contributed by atoms with Crippen LogP contribution in [-0.4, -0.2) is 35.1 Å². The van der Waals surface area contributed by atoms with E-state index in [1.54, 1.807) is 6.07 Å². The lowest BCUT2D eigenvalue weighted by Gasteiger charge is -2.13. The third-order valence-electron chi connectivity index (χ3n) is 2.62. The van der Waals surface area contributed by atoms with Gasteiger partial charge >= 0.3 is 5.97 Å². The van der Waals surface area contributed by atoms with Crippen molar-refractivity contribution in [2.75, 3.05) is 13.1 Å². The Bertz CT molecular complexity index is 430. The smallest absolute Gasteiger partial charge is 0.345 e. The van der Waals surface area contributed by atoms with E-state index in [-0.39, 0.29) is 5.91 Å². The Morgan fingerprint density at radius 1 is 1.53 bits per heavy atom. The van der Waals surface area contributed by atoms with Gasteiger partial charge in [0.1, 0.15) is 4.88 Å². The van der Waals surface area contributed by atoms with Gasteiger partial charge in [-0.2, -0.15) is 0 Å². The maximum Gasteiger partial charge on any atom is 0.345 e. The van der Waals surface area contributed by atoms with Gasteiger partial charge in [0.05, 0.1) is 0 Å². The molecule has 1 aromatic heterocycles. The lowest BCUT2D eigenvalue weighted by Crippen LogP contribution is -2.34. The number of carboxylic acid groups (broad SMARTS) is 1. The molecule has 0 bridgehead atoms. The first-order chi connectivity index (χ1) is 8.15. The molecule has 92 valence electrons. The van der Waals surface area contributed by atoms with Gasteiger partial charge < -0.3 is 5.11 Å². The third kappa shape index (κ3) is 3.28. The van der Waals surface area contributed by atoms with E-state index in [9.17, 15) is 9.59 Å². The fourth-order valence-corrected chi connectivity index (χ4v) is 2.65. The van der Waals surface area contributed by atoms with E-state index in [0.717, 1.165) is 30.8 Å². The highest BCUT2D eigenvalue weighted by Crippen LogP contribution is 2.18. The predicted octanol–water partition coefficient (Wildman–Crippen LogP) is 1.12. The molecule has 0 atom stereocenters. The number of amides is 1. The largest absolute Gasteiger partial charge is 0.477 e. The minimum atomic E-state index is -0.868. The number of carbonyl (C=O) groups excluding carboxylic acids is 1. The molecular weight excluding hydrogens is 240 g/mol.